The van der Waals surface area contributed by atoms with E-state index in [2.05, 4.69) is 35.2 Å². The lowest BCUT2D eigenvalue weighted by atomic mass is 10.1. The van der Waals surface area contributed by atoms with Crippen molar-refractivity contribution in [3.05, 3.63) is 24.2 Å². The molecule has 1 atom stereocenters. The first-order valence-corrected chi connectivity index (χ1v) is 7.90. The Labute approximate surface area is 123 Å². The van der Waals surface area contributed by atoms with E-state index < -0.39 is 0 Å². The Morgan fingerprint density at radius 1 is 1.30 bits per heavy atom. The summed E-state index contributed by atoms with van der Waals surface area (Å²) in [5, 5.41) is 3.61. The molecule has 20 heavy (non-hydrogen) atoms. The molecule has 2 heterocycles. The molecule has 1 N–H and O–H groups in total. The number of hydrogen-bond donors (Lipinski definition) is 1. The van der Waals surface area contributed by atoms with Gasteiger partial charge in [0.15, 0.2) is 0 Å². The van der Waals surface area contributed by atoms with Gasteiger partial charge >= 0.3 is 0 Å². The first-order valence-electron chi connectivity index (χ1n) is 7.90. The van der Waals surface area contributed by atoms with Crippen molar-refractivity contribution >= 4 is 0 Å². The number of nitrogens with one attached hydrogen (secondary N) is 1. The standard InChI is InChI=1S/C16H29N3O/c1-15(6-7-16-5-3-14-20-16)17-8-4-9-19-12-10-18(2)11-13-19/h3,5,14-15,17H,4,6-13H2,1-2H3. The van der Waals surface area contributed by atoms with Crippen molar-refractivity contribution in [2.24, 2.45) is 0 Å². The highest BCUT2D eigenvalue weighted by molar-refractivity contribution is 4.98. The van der Waals surface area contributed by atoms with Gasteiger partial charge in [0.1, 0.15) is 5.76 Å². The highest BCUT2D eigenvalue weighted by Crippen LogP contribution is 2.06. The number of nitrogens with zero attached hydrogens (tertiary/aromatic N) is 2. The highest BCUT2D eigenvalue weighted by Gasteiger charge is 2.12. The minimum Gasteiger partial charge on any atom is -0.469 e. The zero-order valence-corrected chi connectivity index (χ0v) is 13.0. The Morgan fingerprint density at radius 3 is 2.80 bits per heavy atom. The average molecular weight is 279 g/mol. The first-order chi connectivity index (χ1) is 9.74. The van der Waals surface area contributed by atoms with Gasteiger partial charge in [0.2, 0.25) is 0 Å². The van der Waals surface area contributed by atoms with Crippen molar-refractivity contribution in [1.29, 1.82) is 0 Å². The van der Waals surface area contributed by atoms with Crippen LogP contribution >= 0.6 is 0 Å². The summed E-state index contributed by atoms with van der Waals surface area (Å²) in [6.07, 6.45) is 5.17. The predicted octanol–water partition coefficient (Wildman–Crippen LogP) is 1.83. The van der Waals surface area contributed by atoms with E-state index in [4.69, 9.17) is 4.42 Å². The summed E-state index contributed by atoms with van der Waals surface area (Å²) in [7, 11) is 2.21. The lowest BCUT2D eigenvalue weighted by Crippen LogP contribution is -2.45. The zero-order chi connectivity index (χ0) is 14.2. The van der Waals surface area contributed by atoms with Crippen LogP contribution in [-0.2, 0) is 6.42 Å². The van der Waals surface area contributed by atoms with Crippen molar-refractivity contribution in [3.8, 4) is 0 Å². The van der Waals surface area contributed by atoms with E-state index in [1.54, 1.807) is 6.26 Å². The predicted molar refractivity (Wildman–Crippen MR) is 83.0 cm³/mol. The summed E-state index contributed by atoms with van der Waals surface area (Å²) in [5.41, 5.74) is 0. The van der Waals surface area contributed by atoms with Crippen LogP contribution in [0.3, 0.4) is 0 Å². The van der Waals surface area contributed by atoms with Gasteiger partial charge in [-0.25, -0.2) is 0 Å². The topological polar surface area (TPSA) is 31.7 Å². The molecule has 0 radical (unpaired) electrons. The number of piperazine rings is 1. The zero-order valence-electron chi connectivity index (χ0n) is 13.0. The van der Waals surface area contributed by atoms with E-state index in [0.717, 1.165) is 25.1 Å². The van der Waals surface area contributed by atoms with Crippen LogP contribution in [-0.4, -0.2) is 62.2 Å². The molecule has 1 unspecified atom stereocenters. The van der Waals surface area contributed by atoms with Gasteiger partial charge in [-0.15, -0.1) is 0 Å². The van der Waals surface area contributed by atoms with E-state index in [0.29, 0.717) is 6.04 Å². The largest absolute Gasteiger partial charge is 0.469 e. The quantitative estimate of drug-likeness (QED) is 0.736. The summed E-state index contributed by atoms with van der Waals surface area (Å²) < 4.78 is 5.36. The van der Waals surface area contributed by atoms with Gasteiger partial charge in [-0.2, -0.15) is 0 Å². The number of likely N-dealkylation sites (N-methyl/N-ethyl adjacent to an activating group) is 1. The molecule has 0 amide bonds. The molecular formula is C16H29N3O. The molecule has 0 spiro atoms. The molecule has 1 aliphatic rings. The molecule has 4 nitrogen and oxygen atoms in total. The highest BCUT2D eigenvalue weighted by atomic mass is 16.3. The van der Waals surface area contributed by atoms with Crippen LogP contribution in [0.15, 0.2) is 22.8 Å². The summed E-state index contributed by atoms with van der Waals surface area (Å²) in [5.74, 6) is 1.09. The van der Waals surface area contributed by atoms with Crippen LogP contribution in [0.4, 0.5) is 0 Å². The Kier molecular flexibility index (Phi) is 6.57. The first kappa shape index (κ1) is 15.5. The van der Waals surface area contributed by atoms with Crippen LogP contribution in [0, 0.1) is 0 Å². The van der Waals surface area contributed by atoms with E-state index in [1.165, 1.54) is 39.1 Å². The van der Waals surface area contributed by atoms with Gasteiger partial charge in [-0.1, -0.05) is 0 Å². The molecule has 1 saturated heterocycles. The van der Waals surface area contributed by atoms with Crippen LogP contribution < -0.4 is 5.32 Å². The third-order valence-corrected chi connectivity index (χ3v) is 4.14. The van der Waals surface area contributed by atoms with Crippen LogP contribution in [0.2, 0.25) is 0 Å². The van der Waals surface area contributed by atoms with Crippen molar-refractivity contribution in [2.45, 2.75) is 32.2 Å². The Bertz CT molecular complexity index is 345. The summed E-state index contributed by atoms with van der Waals surface area (Å²) in [4.78, 5) is 4.99. The molecule has 1 aromatic rings. The maximum Gasteiger partial charge on any atom is 0.103 e. The number of rotatable bonds is 8. The van der Waals surface area contributed by atoms with E-state index in [1.807, 2.05) is 6.07 Å². The fraction of sp³-hybridized carbons (Fsp3) is 0.750. The van der Waals surface area contributed by atoms with Gasteiger partial charge < -0.3 is 19.5 Å². The van der Waals surface area contributed by atoms with Gasteiger partial charge in [0, 0.05) is 38.6 Å². The second kappa shape index (κ2) is 8.45. The molecule has 1 fully saturated rings. The third kappa shape index (κ3) is 5.65. The molecule has 2 rings (SSSR count). The number of hydrogen-bond acceptors (Lipinski definition) is 4. The van der Waals surface area contributed by atoms with Crippen molar-refractivity contribution in [1.82, 2.24) is 15.1 Å². The SMILES string of the molecule is CC(CCc1ccco1)NCCCN1CCN(C)CC1. The van der Waals surface area contributed by atoms with E-state index in [-0.39, 0.29) is 0 Å². The van der Waals surface area contributed by atoms with Crippen LogP contribution in [0.25, 0.3) is 0 Å². The van der Waals surface area contributed by atoms with Crippen molar-refractivity contribution < 1.29 is 4.42 Å². The summed E-state index contributed by atoms with van der Waals surface area (Å²) >= 11 is 0. The average Bonchev–Trinajstić information content (AvgIpc) is 2.96. The van der Waals surface area contributed by atoms with Gasteiger partial charge in [-0.05, 0) is 52.0 Å². The van der Waals surface area contributed by atoms with Crippen molar-refractivity contribution in [3.63, 3.8) is 0 Å². The molecule has 4 heteroatoms. The Balaban J connectivity index is 1.48. The molecule has 114 valence electrons. The lowest BCUT2D eigenvalue weighted by Gasteiger charge is -2.32. The lowest BCUT2D eigenvalue weighted by molar-refractivity contribution is 0.152. The maximum absolute atomic E-state index is 5.36. The minimum atomic E-state index is 0.563. The fourth-order valence-corrected chi connectivity index (χ4v) is 2.64. The molecule has 0 bridgehead atoms. The second-order valence-electron chi connectivity index (χ2n) is 5.97. The second-order valence-corrected chi connectivity index (χ2v) is 5.97. The normalized spacial score (nSPS) is 19.3. The fourth-order valence-electron chi connectivity index (χ4n) is 2.64. The number of furan rings is 1. The Morgan fingerprint density at radius 2 is 2.10 bits per heavy atom. The number of aryl methyl sites for hydroxylation is 1. The minimum absolute atomic E-state index is 0.563. The summed E-state index contributed by atoms with van der Waals surface area (Å²) in [6, 6.07) is 4.58. The van der Waals surface area contributed by atoms with Gasteiger partial charge in [-0.3, -0.25) is 0 Å². The van der Waals surface area contributed by atoms with Crippen LogP contribution in [0.5, 0.6) is 0 Å². The smallest absolute Gasteiger partial charge is 0.103 e. The molecule has 0 saturated carbocycles. The molecule has 0 aliphatic carbocycles. The van der Waals surface area contributed by atoms with Crippen LogP contribution in [0.1, 0.15) is 25.5 Å². The van der Waals surface area contributed by atoms with Gasteiger partial charge in [0.25, 0.3) is 0 Å². The molecule has 0 aromatic carbocycles. The summed E-state index contributed by atoms with van der Waals surface area (Å²) in [6.45, 7) is 9.49. The Hall–Kier alpha value is -0.840. The third-order valence-electron chi connectivity index (χ3n) is 4.14. The molecule has 1 aromatic heterocycles. The van der Waals surface area contributed by atoms with E-state index in [9.17, 15) is 0 Å². The van der Waals surface area contributed by atoms with Gasteiger partial charge in [0.05, 0.1) is 6.26 Å². The maximum atomic E-state index is 5.36. The monoisotopic (exact) mass is 279 g/mol. The van der Waals surface area contributed by atoms with E-state index >= 15 is 0 Å². The molecular weight excluding hydrogens is 250 g/mol. The molecule has 1 aliphatic heterocycles. The van der Waals surface area contributed by atoms with Crippen molar-refractivity contribution in [2.75, 3.05) is 46.3 Å².